The Morgan fingerprint density at radius 2 is 1.89 bits per heavy atom. The first kappa shape index (κ1) is 13.1. The predicted octanol–water partition coefficient (Wildman–Crippen LogP) is 1.58. The average molecular weight is 248 g/mol. The second-order valence-electron chi connectivity index (χ2n) is 5.06. The quantitative estimate of drug-likeness (QED) is 0.852. The molecule has 1 fully saturated rings. The number of piperidine rings is 1. The van der Waals surface area contributed by atoms with Crippen molar-refractivity contribution in [2.24, 2.45) is 5.73 Å². The third-order valence-electron chi connectivity index (χ3n) is 3.75. The lowest BCUT2D eigenvalue weighted by atomic mass is 9.89. The standard InChI is InChI=1S/C14H20N2O2/c1-16-8-6-11(7-9-16)10-2-4-12(5-3-10)13(15)14(17)18/h2-5,11,13H,6-9,15H2,1H3,(H,17,18). The van der Waals surface area contributed by atoms with Crippen LogP contribution in [0.3, 0.4) is 0 Å². The van der Waals surface area contributed by atoms with Gasteiger partial charge in [-0.2, -0.15) is 0 Å². The number of hydrogen-bond donors (Lipinski definition) is 2. The number of carboxylic acid groups (broad SMARTS) is 1. The molecule has 1 unspecified atom stereocenters. The summed E-state index contributed by atoms with van der Waals surface area (Å²) >= 11 is 0. The summed E-state index contributed by atoms with van der Waals surface area (Å²) in [6.07, 6.45) is 2.33. The summed E-state index contributed by atoms with van der Waals surface area (Å²) in [7, 11) is 2.14. The van der Waals surface area contributed by atoms with E-state index in [0.717, 1.165) is 13.1 Å². The van der Waals surface area contributed by atoms with Gasteiger partial charge in [0, 0.05) is 0 Å². The van der Waals surface area contributed by atoms with Crippen LogP contribution in [0.15, 0.2) is 24.3 Å². The van der Waals surface area contributed by atoms with E-state index >= 15 is 0 Å². The van der Waals surface area contributed by atoms with Crippen LogP contribution >= 0.6 is 0 Å². The van der Waals surface area contributed by atoms with E-state index in [9.17, 15) is 4.79 Å². The molecule has 1 saturated heterocycles. The average Bonchev–Trinajstić information content (AvgIpc) is 2.39. The normalized spacial score (nSPS) is 19.7. The molecule has 1 aromatic carbocycles. The fourth-order valence-corrected chi connectivity index (χ4v) is 2.46. The van der Waals surface area contributed by atoms with Crippen LogP contribution in [0.2, 0.25) is 0 Å². The fourth-order valence-electron chi connectivity index (χ4n) is 2.46. The van der Waals surface area contributed by atoms with E-state index < -0.39 is 12.0 Å². The van der Waals surface area contributed by atoms with Gasteiger partial charge in [0.05, 0.1) is 0 Å². The highest BCUT2D eigenvalue weighted by molar-refractivity contribution is 5.75. The lowest BCUT2D eigenvalue weighted by Gasteiger charge is -2.29. The van der Waals surface area contributed by atoms with E-state index in [1.165, 1.54) is 18.4 Å². The molecule has 1 atom stereocenters. The van der Waals surface area contributed by atoms with Crippen molar-refractivity contribution in [2.75, 3.05) is 20.1 Å². The number of rotatable bonds is 3. The van der Waals surface area contributed by atoms with Crippen molar-refractivity contribution in [2.45, 2.75) is 24.8 Å². The summed E-state index contributed by atoms with van der Waals surface area (Å²) < 4.78 is 0. The maximum atomic E-state index is 10.8. The topological polar surface area (TPSA) is 66.6 Å². The van der Waals surface area contributed by atoms with Crippen LogP contribution in [-0.4, -0.2) is 36.1 Å². The molecule has 0 aromatic heterocycles. The zero-order valence-electron chi connectivity index (χ0n) is 10.7. The van der Waals surface area contributed by atoms with Crippen LogP contribution in [-0.2, 0) is 4.79 Å². The monoisotopic (exact) mass is 248 g/mol. The molecule has 3 N–H and O–H groups in total. The highest BCUT2D eigenvalue weighted by Gasteiger charge is 2.19. The summed E-state index contributed by atoms with van der Waals surface area (Å²) in [6.45, 7) is 2.25. The van der Waals surface area contributed by atoms with Crippen molar-refractivity contribution in [3.8, 4) is 0 Å². The third-order valence-corrected chi connectivity index (χ3v) is 3.75. The molecule has 4 nitrogen and oxygen atoms in total. The van der Waals surface area contributed by atoms with Crippen LogP contribution in [0.1, 0.15) is 35.9 Å². The molecular formula is C14H20N2O2. The molecule has 1 heterocycles. The van der Waals surface area contributed by atoms with Gasteiger partial charge in [-0.1, -0.05) is 24.3 Å². The molecule has 2 rings (SSSR count). The Kier molecular flexibility index (Phi) is 3.99. The van der Waals surface area contributed by atoms with E-state index in [1.807, 2.05) is 24.3 Å². The largest absolute Gasteiger partial charge is 0.480 e. The van der Waals surface area contributed by atoms with Crippen LogP contribution in [0.5, 0.6) is 0 Å². The lowest BCUT2D eigenvalue weighted by Crippen LogP contribution is -2.29. The molecule has 1 aromatic rings. The van der Waals surface area contributed by atoms with Crippen molar-refractivity contribution in [1.29, 1.82) is 0 Å². The number of likely N-dealkylation sites (tertiary alicyclic amines) is 1. The first-order valence-electron chi connectivity index (χ1n) is 6.34. The number of nitrogens with zero attached hydrogens (tertiary/aromatic N) is 1. The van der Waals surface area contributed by atoms with Gasteiger partial charge in [0.2, 0.25) is 0 Å². The number of nitrogens with two attached hydrogens (primary N) is 1. The Morgan fingerprint density at radius 1 is 1.33 bits per heavy atom. The van der Waals surface area contributed by atoms with Gasteiger partial charge in [0.25, 0.3) is 0 Å². The highest BCUT2D eigenvalue weighted by Crippen LogP contribution is 2.28. The summed E-state index contributed by atoms with van der Waals surface area (Å²) in [5.74, 6) is -0.390. The van der Waals surface area contributed by atoms with Gasteiger partial charge in [-0.3, -0.25) is 4.79 Å². The van der Waals surface area contributed by atoms with Gasteiger partial charge >= 0.3 is 5.97 Å². The molecule has 1 aliphatic rings. The van der Waals surface area contributed by atoms with Gasteiger partial charge in [-0.25, -0.2) is 0 Å². The van der Waals surface area contributed by atoms with Gasteiger partial charge in [0.1, 0.15) is 6.04 Å². The first-order chi connectivity index (χ1) is 8.58. The van der Waals surface area contributed by atoms with Crippen molar-refractivity contribution in [1.82, 2.24) is 4.90 Å². The fraction of sp³-hybridized carbons (Fsp3) is 0.500. The smallest absolute Gasteiger partial charge is 0.325 e. The first-order valence-corrected chi connectivity index (χ1v) is 6.34. The Bertz CT molecular complexity index is 408. The second-order valence-corrected chi connectivity index (χ2v) is 5.06. The number of hydrogen-bond acceptors (Lipinski definition) is 3. The molecule has 4 heteroatoms. The molecule has 0 bridgehead atoms. The predicted molar refractivity (Wildman–Crippen MR) is 70.5 cm³/mol. The number of carboxylic acids is 1. The molecule has 0 spiro atoms. The van der Waals surface area contributed by atoms with Crippen LogP contribution in [0.4, 0.5) is 0 Å². The SMILES string of the molecule is CN1CCC(c2ccc(C(N)C(=O)O)cc2)CC1. The van der Waals surface area contributed by atoms with E-state index in [2.05, 4.69) is 11.9 Å². The molecule has 0 amide bonds. The lowest BCUT2D eigenvalue weighted by molar-refractivity contribution is -0.138. The number of aliphatic carboxylic acids is 1. The minimum atomic E-state index is -0.984. The molecule has 0 saturated carbocycles. The molecule has 98 valence electrons. The molecule has 0 aliphatic carbocycles. The summed E-state index contributed by atoms with van der Waals surface area (Å²) in [5.41, 5.74) is 7.54. The molecule has 1 aliphatic heterocycles. The Labute approximate surface area is 107 Å². The molecule has 18 heavy (non-hydrogen) atoms. The Morgan fingerprint density at radius 3 is 2.39 bits per heavy atom. The van der Waals surface area contributed by atoms with Crippen molar-refractivity contribution >= 4 is 5.97 Å². The number of carbonyl (C=O) groups is 1. The minimum absolute atomic E-state index is 0.594. The Hall–Kier alpha value is -1.39. The van der Waals surface area contributed by atoms with Gasteiger partial charge in [-0.15, -0.1) is 0 Å². The van der Waals surface area contributed by atoms with E-state index in [-0.39, 0.29) is 0 Å². The summed E-state index contributed by atoms with van der Waals surface area (Å²) in [6, 6.07) is 6.80. The van der Waals surface area contributed by atoms with Crippen LogP contribution < -0.4 is 5.73 Å². The molecule has 0 radical (unpaired) electrons. The maximum Gasteiger partial charge on any atom is 0.325 e. The number of benzene rings is 1. The van der Waals surface area contributed by atoms with Gasteiger partial charge < -0.3 is 15.7 Å². The minimum Gasteiger partial charge on any atom is -0.480 e. The second kappa shape index (κ2) is 5.50. The maximum absolute atomic E-state index is 10.8. The van der Waals surface area contributed by atoms with Crippen molar-refractivity contribution < 1.29 is 9.90 Å². The van der Waals surface area contributed by atoms with E-state index in [1.54, 1.807) is 0 Å². The highest BCUT2D eigenvalue weighted by atomic mass is 16.4. The Balaban J connectivity index is 2.06. The van der Waals surface area contributed by atoms with Crippen LogP contribution in [0.25, 0.3) is 0 Å². The van der Waals surface area contributed by atoms with Crippen molar-refractivity contribution in [3.05, 3.63) is 35.4 Å². The zero-order valence-corrected chi connectivity index (χ0v) is 10.7. The summed E-state index contributed by atoms with van der Waals surface area (Å²) in [5, 5.41) is 8.85. The molecular weight excluding hydrogens is 228 g/mol. The van der Waals surface area contributed by atoms with Gasteiger partial charge in [0.15, 0.2) is 0 Å². The van der Waals surface area contributed by atoms with Crippen LogP contribution in [0, 0.1) is 0 Å². The third kappa shape index (κ3) is 2.89. The van der Waals surface area contributed by atoms with Crippen molar-refractivity contribution in [3.63, 3.8) is 0 Å². The summed E-state index contributed by atoms with van der Waals surface area (Å²) in [4.78, 5) is 13.1. The van der Waals surface area contributed by atoms with E-state index in [4.69, 9.17) is 10.8 Å². The zero-order chi connectivity index (χ0) is 13.1. The van der Waals surface area contributed by atoms with E-state index in [0.29, 0.717) is 11.5 Å². The van der Waals surface area contributed by atoms with Gasteiger partial charge in [-0.05, 0) is 50.0 Å².